The van der Waals surface area contributed by atoms with E-state index in [4.69, 9.17) is 0 Å². The number of anilines is 5. The summed E-state index contributed by atoms with van der Waals surface area (Å²) >= 11 is 0. The number of aromatic nitrogens is 2. The third kappa shape index (κ3) is 4.66. The Kier molecular flexibility index (Phi) is 6.05. The van der Waals surface area contributed by atoms with Gasteiger partial charge >= 0.3 is 0 Å². The lowest BCUT2D eigenvalue weighted by Gasteiger charge is -2.29. The molecule has 0 unspecified atom stereocenters. The van der Waals surface area contributed by atoms with Crippen LogP contribution < -0.4 is 26.2 Å². The van der Waals surface area contributed by atoms with Gasteiger partial charge in [-0.15, -0.1) is 0 Å². The van der Waals surface area contributed by atoms with E-state index in [1.165, 1.54) is 5.69 Å². The average molecular weight is 403 g/mol. The molecule has 1 aliphatic rings. The van der Waals surface area contributed by atoms with Crippen molar-refractivity contribution in [3.8, 4) is 0 Å². The van der Waals surface area contributed by atoms with Gasteiger partial charge in [-0.3, -0.25) is 4.79 Å². The lowest BCUT2D eigenvalue weighted by Crippen LogP contribution is -2.43. The van der Waals surface area contributed by atoms with Crippen molar-refractivity contribution in [2.75, 3.05) is 48.8 Å². The second-order valence-electron chi connectivity index (χ2n) is 6.92. The first-order chi connectivity index (χ1) is 14.7. The highest BCUT2D eigenvalue weighted by molar-refractivity contribution is 6.00. The van der Waals surface area contributed by atoms with Crippen LogP contribution in [-0.2, 0) is 0 Å². The highest BCUT2D eigenvalue weighted by Gasteiger charge is 2.11. The number of para-hydroxylation sites is 1. The quantitative estimate of drug-likeness (QED) is 0.503. The van der Waals surface area contributed by atoms with E-state index in [0.29, 0.717) is 23.0 Å². The second kappa shape index (κ2) is 9.23. The molecule has 154 valence electrons. The SMILES string of the molecule is CNC(=O)c1ccccc1Nc1ccnc(Nc2ccc(N3CCNCC3)cc2)n1. The molecular weight excluding hydrogens is 378 g/mol. The molecule has 1 fully saturated rings. The molecule has 3 aromatic rings. The number of carbonyl (C=O) groups is 1. The van der Waals surface area contributed by atoms with Crippen LogP contribution in [0.15, 0.2) is 60.8 Å². The molecule has 4 N–H and O–H groups in total. The van der Waals surface area contributed by atoms with Crippen LogP contribution in [0.2, 0.25) is 0 Å². The van der Waals surface area contributed by atoms with E-state index >= 15 is 0 Å². The monoisotopic (exact) mass is 403 g/mol. The smallest absolute Gasteiger partial charge is 0.253 e. The Morgan fingerprint density at radius 3 is 2.53 bits per heavy atom. The van der Waals surface area contributed by atoms with E-state index in [1.807, 2.05) is 30.3 Å². The summed E-state index contributed by atoms with van der Waals surface area (Å²) in [6, 6.07) is 17.3. The van der Waals surface area contributed by atoms with Gasteiger partial charge in [0, 0.05) is 50.8 Å². The molecule has 4 rings (SSSR count). The van der Waals surface area contributed by atoms with Crippen LogP contribution in [0, 0.1) is 0 Å². The fourth-order valence-electron chi connectivity index (χ4n) is 3.36. The van der Waals surface area contributed by atoms with Gasteiger partial charge in [-0.1, -0.05) is 12.1 Å². The van der Waals surface area contributed by atoms with Gasteiger partial charge in [0.1, 0.15) is 5.82 Å². The molecule has 0 bridgehead atoms. The molecule has 0 spiro atoms. The molecule has 2 aromatic carbocycles. The molecule has 8 heteroatoms. The molecule has 1 aliphatic heterocycles. The van der Waals surface area contributed by atoms with E-state index < -0.39 is 0 Å². The molecule has 0 aliphatic carbocycles. The third-order valence-corrected chi connectivity index (χ3v) is 4.92. The average Bonchev–Trinajstić information content (AvgIpc) is 2.80. The number of hydrogen-bond donors (Lipinski definition) is 4. The molecule has 1 aromatic heterocycles. The number of nitrogens with zero attached hydrogens (tertiary/aromatic N) is 3. The van der Waals surface area contributed by atoms with Gasteiger partial charge in [0.15, 0.2) is 0 Å². The summed E-state index contributed by atoms with van der Waals surface area (Å²) < 4.78 is 0. The van der Waals surface area contributed by atoms with E-state index in [1.54, 1.807) is 25.4 Å². The molecule has 2 heterocycles. The predicted molar refractivity (Wildman–Crippen MR) is 120 cm³/mol. The molecule has 8 nitrogen and oxygen atoms in total. The van der Waals surface area contributed by atoms with Crippen LogP contribution >= 0.6 is 0 Å². The van der Waals surface area contributed by atoms with Crippen LogP contribution in [0.25, 0.3) is 0 Å². The highest BCUT2D eigenvalue weighted by Crippen LogP contribution is 2.22. The Morgan fingerprint density at radius 1 is 1.00 bits per heavy atom. The van der Waals surface area contributed by atoms with Gasteiger partial charge in [-0.2, -0.15) is 4.98 Å². The first-order valence-corrected chi connectivity index (χ1v) is 9.97. The summed E-state index contributed by atoms with van der Waals surface area (Å²) in [7, 11) is 1.61. The molecule has 0 atom stereocenters. The summed E-state index contributed by atoms with van der Waals surface area (Å²) in [6.45, 7) is 4.05. The first-order valence-electron chi connectivity index (χ1n) is 9.97. The van der Waals surface area contributed by atoms with Crippen LogP contribution in [-0.4, -0.2) is 49.1 Å². The number of nitrogens with one attached hydrogen (secondary N) is 4. The number of benzene rings is 2. The topological polar surface area (TPSA) is 94.2 Å². The van der Waals surface area contributed by atoms with Gasteiger partial charge in [0.25, 0.3) is 5.91 Å². The van der Waals surface area contributed by atoms with Crippen LogP contribution in [0.4, 0.5) is 28.8 Å². The molecule has 0 saturated carbocycles. The Hall–Kier alpha value is -3.65. The molecular formula is C22H25N7O. The Bertz CT molecular complexity index is 1000. The number of rotatable bonds is 6. The van der Waals surface area contributed by atoms with Crippen molar-refractivity contribution in [1.82, 2.24) is 20.6 Å². The fourth-order valence-corrected chi connectivity index (χ4v) is 3.36. The van der Waals surface area contributed by atoms with Gasteiger partial charge in [0.05, 0.1) is 11.3 Å². The predicted octanol–water partition coefficient (Wildman–Crippen LogP) is 2.73. The minimum Gasteiger partial charge on any atom is -0.369 e. The van der Waals surface area contributed by atoms with Crippen molar-refractivity contribution in [1.29, 1.82) is 0 Å². The Labute approximate surface area is 175 Å². The summed E-state index contributed by atoms with van der Waals surface area (Å²) in [6.07, 6.45) is 1.68. The van der Waals surface area contributed by atoms with E-state index in [2.05, 4.69) is 48.3 Å². The van der Waals surface area contributed by atoms with Crippen molar-refractivity contribution >= 4 is 34.7 Å². The lowest BCUT2D eigenvalue weighted by atomic mass is 10.1. The summed E-state index contributed by atoms with van der Waals surface area (Å²) in [4.78, 5) is 23.3. The fraction of sp³-hybridized carbons (Fsp3) is 0.227. The molecule has 0 radical (unpaired) electrons. The minimum absolute atomic E-state index is 0.157. The summed E-state index contributed by atoms with van der Waals surface area (Å²) in [5.41, 5.74) is 3.36. The van der Waals surface area contributed by atoms with Crippen molar-refractivity contribution in [2.45, 2.75) is 0 Å². The van der Waals surface area contributed by atoms with E-state index in [9.17, 15) is 4.79 Å². The van der Waals surface area contributed by atoms with E-state index in [0.717, 1.165) is 31.9 Å². The number of hydrogen-bond acceptors (Lipinski definition) is 7. The maximum Gasteiger partial charge on any atom is 0.253 e. The van der Waals surface area contributed by atoms with Gasteiger partial charge in [0.2, 0.25) is 5.95 Å². The van der Waals surface area contributed by atoms with Crippen molar-refractivity contribution in [3.05, 3.63) is 66.4 Å². The zero-order chi connectivity index (χ0) is 20.8. The largest absolute Gasteiger partial charge is 0.369 e. The standard InChI is InChI=1S/C22H25N7O/c1-23-21(30)18-4-2-3-5-19(18)27-20-10-11-25-22(28-20)26-16-6-8-17(9-7-16)29-14-12-24-13-15-29/h2-11,24H,12-15H2,1H3,(H,23,30)(H2,25,26,27,28). The second-order valence-corrected chi connectivity index (χ2v) is 6.92. The normalized spacial score (nSPS) is 13.6. The highest BCUT2D eigenvalue weighted by atomic mass is 16.1. The van der Waals surface area contributed by atoms with Crippen molar-refractivity contribution < 1.29 is 4.79 Å². The first kappa shape index (κ1) is 19.7. The lowest BCUT2D eigenvalue weighted by molar-refractivity contribution is 0.0964. The third-order valence-electron chi connectivity index (χ3n) is 4.92. The Balaban J connectivity index is 1.46. The number of amides is 1. The van der Waals surface area contributed by atoms with Crippen molar-refractivity contribution in [3.63, 3.8) is 0 Å². The maximum atomic E-state index is 12.1. The number of piperazine rings is 1. The molecule has 1 saturated heterocycles. The minimum atomic E-state index is -0.157. The van der Waals surface area contributed by atoms with Gasteiger partial charge in [-0.05, 0) is 42.5 Å². The van der Waals surface area contributed by atoms with Crippen LogP contribution in [0.1, 0.15) is 10.4 Å². The van der Waals surface area contributed by atoms with Crippen LogP contribution in [0.5, 0.6) is 0 Å². The Morgan fingerprint density at radius 2 is 1.77 bits per heavy atom. The van der Waals surface area contributed by atoms with Crippen LogP contribution in [0.3, 0.4) is 0 Å². The summed E-state index contributed by atoms with van der Waals surface area (Å²) in [5, 5.41) is 12.5. The molecule has 1 amide bonds. The zero-order valence-electron chi connectivity index (χ0n) is 16.9. The van der Waals surface area contributed by atoms with E-state index in [-0.39, 0.29) is 5.91 Å². The zero-order valence-corrected chi connectivity index (χ0v) is 16.9. The number of carbonyl (C=O) groups excluding carboxylic acids is 1. The maximum absolute atomic E-state index is 12.1. The van der Waals surface area contributed by atoms with Gasteiger partial charge < -0.3 is 26.2 Å². The summed E-state index contributed by atoms with van der Waals surface area (Å²) in [5.74, 6) is 0.920. The molecule has 30 heavy (non-hydrogen) atoms. The van der Waals surface area contributed by atoms with Crippen molar-refractivity contribution in [2.24, 2.45) is 0 Å². The van der Waals surface area contributed by atoms with Gasteiger partial charge in [-0.25, -0.2) is 4.98 Å².